The lowest BCUT2D eigenvalue weighted by atomic mass is 10.2. The summed E-state index contributed by atoms with van der Waals surface area (Å²) in [6.45, 7) is 5.30. The molecule has 0 fully saturated rings. The van der Waals surface area contributed by atoms with Crippen molar-refractivity contribution < 1.29 is 18.8 Å². The molecule has 0 radical (unpaired) electrons. The molecule has 6 heteroatoms. The fraction of sp³-hybridized carbons (Fsp3) is 0.412. The Morgan fingerprint density at radius 2 is 2.13 bits per heavy atom. The van der Waals surface area contributed by atoms with Crippen LogP contribution in [0.25, 0.3) is 0 Å². The monoisotopic (exact) mass is 316 g/mol. The maximum Gasteiger partial charge on any atom is 0.276 e. The van der Waals surface area contributed by atoms with Crippen molar-refractivity contribution >= 4 is 5.91 Å². The van der Waals surface area contributed by atoms with Crippen LogP contribution in [0.2, 0.25) is 0 Å². The lowest BCUT2D eigenvalue weighted by molar-refractivity contribution is 0.0456. The maximum absolute atomic E-state index is 12.6. The van der Waals surface area contributed by atoms with E-state index in [9.17, 15) is 4.79 Å². The maximum atomic E-state index is 12.6. The molecule has 122 valence electrons. The van der Waals surface area contributed by atoms with Crippen molar-refractivity contribution in [1.29, 1.82) is 0 Å². The smallest absolute Gasteiger partial charge is 0.276 e. The summed E-state index contributed by atoms with van der Waals surface area (Å²) in [6, 6.07) is 9.20. The number of aromatic nitrogens is 1. The number of aryl methyl sites for hydroxylation is 1. The topological polar surface area (TPSA) is 64.8 Å². The van der Waals surface area contributed by atoms with E-state index in [1.54, 1.807) is 17.9 Å². The summed E-state index contributed by atoms with van der Waals surface area (Å²) >= 11 is 0. The molecule has 0 aliphatic carbocycles. The highest BCUT2D eigenvalue weighted by Crippen LogP contribution is 2.31. The molecule has 6 nitrogen and oxygen atoms in total. The van der Waals surface area contributed by atoms with Crippen molar-refractivity contribution in [3.63, 3.8) is 0 Å². The van der Waals surface area contributed by atoms with Gasteiger partial charge in [0.25, 0.3) is 5.91 Å². The quantitative estimate of drug-likeness (QED) is 0.848. The molecule has 1 amide bonds. The van der Waals surface area contributed by atoms with Crippen LogP contribution in [0.3, 0.4) is 0 Å². The highest BCUT2D eigenvalue weighted by molar-refractivity contribution is 5.92. The van der Waals surface area contributed by atoms with Crippen LogP contribution in [-0.4, -0.2) is 41.8 Å². The number of ether oxygens (including phenoxy) is 2. The van der Waals surface area contributed by atoms with E-state index in [2.05, 4.69) is 5.16 Å². The van der Waals surface area contributed by atoms with E-state index in [1.165, 1.54) is 0 Å². The number of amides is 1. The average Bonchev–Trinajstić information content (AvgIpc) is 3.00. The number of fused-ring (bicyclic) bond motifs is 1. The molecule has 1 aromatic heterocycles. The molecule has 0 spiro atoms. The van der Waals surface area contributed by atoms with Gasteiger partial charge in [-0.15, -0.1) is 0 Å². The second-order valence-corrected chi connectivity index (χ2v) is 5.57. The van der Waals surface area contributed by atoms with Crippen LogP contribution in [0, 0.1) is 6.92 Å². The van der Waals surface area contributed by atoms with Gasteiger partial charge in [0.2, 0.25) is 0 Å². The molecule has 1 aliphatic rings. The van der Waals surface area contributed by atoms with Gasteiger partial charge in [0.1, 0.15) is 12.4 Å². The van der Waals surface area contributed by atoms with Crippen molar-refractivity contribution in [3.8, 4) is 11.5 Å². The predicted molar refractivity (Wildman–Crippen MR) is 83.8 cm³/mol. The van der Waals surface area contributed by atoms with E-state index >= 15 is 0 Å². The van der Waals surface area contributed by atoms with Crippen molar-refractivity contribution in [2.24, 2.45) is 0 Å². The SMILES string of the molecule is CCCN(CC1COc2ccccc2O1)C(=O)c1cc(C)on1. The standard InChI is InChI=1S/C17H20N2O4/c1-3-8-19(17(20)14-9-12(2)23-18-14)10-13-11-21-15-6-4-5-7-16(15)22-13/h4-7,9,13H,3,8,10-11H2,1-2H3. The van der Waals surface area contributed by atoms with E-state index in [4.69, 9.17) is 14.0 Å². The minimum absolute atomic E-state index is 0.147. The molecule has 1 unspecified atom stereocenters. The Hall–Kier alpha value is -2.50. The van der Waals surface area contributed by atoms with Gasteiger partial charge in [-0.2, -0.15) is 0 Å². The minimum atomic E-state index is -0.201. The second kappa shape index (κ2) is 6.73. The van der Waals surface area contributed by atoms with Gasteiger partial charge in [-0.3, -0.25) is 4.79 Å². The number of nitrogens with zero attached hydrogens (tertiary/aromatic N) is 2. The van der Waals surface area contributed by atoms with Crippen LogP contribution in [0.4, 0.5) is 0 Å². The zero-order chi connectivity index (χ0) is 16.2. The van der Waals surface area contributed by atoms with Crippen molar-refractivity contribution in [1.82, 2.24) is 10.1 Å². The molecule has 23 heavy (non-hydrogen) atoms. The van der Waals surface area contributed by atoms with E-state index in [-0.39, 0.29) is 12.0 Å². The zero-order valence-electron chi connectivity index (χ0n) is 13.3. The van der Waals surface area contributed by atoms with Gasteiger partial charge in [0.15, 0.2) is 23.3 Å². The van der Waals surface area contributed by atoms with Crippen LogP contribution in [0.5, 0.6) is 11.5 Å². The highest BCUT2D eigenvalue weighted by Gasteiger charge is 2.26. The predicted octanol–water partition coefficient (Wildman–Crippen LogP) is 2.68. The largest absolute Gasteiger partial charge is 0.486 e. The summed E-state index contributed by atoms with van der Waals surface area (Å²) in [5.74, 6) is 1.93. The van der Waals surface area contributed by atoms with E-state index in [1.807, 2.05) is 31.2 Å². The number of rotatable bonds is 5. The first-order valence-electron chi connectivity index (χ1n) is 7.78. The molecule has 1 aromatic carbocycles. The normalized spacial score (nSPS) is 16.2. The van der Waals surface area contributed by atoms with Gasteiger partial charge in [0.05, 0.1) is 6.54 Å². The van der Waals surface area contributed by atoms with E-state index < -0.39 is 0 Å². The Morgan fingerprint density at radius 3 is 2.83 bits per heavy atom. The first-order chi connectivity index (χ1) is 11.2. The molecule has 1 aliphatic heterocycles. The van der Waals surface area contributed by atoms with Crippen molar-refractivity contribution in [2.75, 3.05) is 19.7 Å². The molecule has 0 saturated heterocycles. The molecule has 0 bridgehead atoms. The summed E-state index contributed by atoms with van der Waals surface area (Å²) in [7, 11) is 0. The van der Waals surface area contributed by atoms with Crippen LogP contribution in [-0.2, 0) is 0 Å². The number of hydrogen-bond acceptors (Lipinski definition) is 5. The Morgan fingerprint density at radius 1 is 1.35 bits per heavy atom. The van der Waals surface area contributed by atoms with Gasteiger partial charge < -0.3 is 18.9 Å². The highest BCUT2D eigenvalue weighted by atomic mass is 16.6. The Labute approximate surface area is 135 Å². The number of para-hydroxylation sites is 2. The fourth-order valence-electron chi connectivity index (χ4n) is 2.57. The lowest BCUT2D eigenvalue weighted by Gasteiger charge is -2.31. The molecule has 1 atom stereocenters. The van der Waals surface area contributed by atoms with Gasteiger partial charge in [-0.25, -0.2) is 0 Å². The molecule has 3 rings (SSSR count). The number of carbonyl (C=O) groups excluding carboxylic acids is 1. The van der Waals surface area contributed by atoms with Crippen molar-refractivity contribution in [2.45, 2.75) is 26.4 Å². The van der Waals surface area contributed by atoms with Gasteiger partial charge >= 0.3 is 0 Å². The van der Waals surface area contributed by atoms with Crippen LogP contribution in [0.15, 0.2) is 34.9 Å². The first-order valence-corrected chi connectivity index (χ1v) is 7.78. The molecule has 0 saturated carbocycles. The van der Waals surface area contributed by atoms with Gasteiger partial charge in [0, 0.05) is 12.6 Å². The summed E-state index contributed by atoms with van der Waals surface area (Å²) in [5, 5.41) is 3.81. The minimum Gasteiger partial charge on any atom is -0.486 e. The Kier molecular flexibility index (Phi) is 4.50. The number of carbonyl (C=O) groups is 1. The van der Waals surface area contributed by atoms with E-state index in [0.29, 0.717) is 36.9 Å². The third-order valence-corrected chi connectivity index (χ3v) is 3.62. The Balaban J connectivity index is 1.69. The molecule has 2 heterocycles. The van der Waals surface area contributed by atoms with Crippen molar-refractivity contribution in [3.05, 3.63) is 41.8 Å². The number of hydrogen-bond donors (Lipinski definition) is 0. The second-order valence-electron chi connectivity index (χ2n) is 5.57. The average molecular weight is 316 g/mol. The third kappa shape index (κ3) is 3.47. The zero-order valence-corrected chi connectivity index (χ0v) is 13.3. The lowest BCUT2D eigenvalue weighted by Crippen LogP contribution is -2.44. The third-order valence-electron chi connectivity index (χ3n) is 3.62. The molecular weight excluding hydrogens is 296 g/mol. The van der Waals surface area contributed by atoms with Gasteiger partial charge in [-0.05, 0) is 25.5 Å². The molecule has 0 N–H and O–H groups in total. The number of benzene rings is 1. The summed E-state index contributed by atoms with van der Waals surface area (Å²) in [5.41, 5.74) is 0.327. The summed E-state index contributed by atoms with van der Waals surface area (Å²) in [6.07, 6.45) is 0.653. The van der Waals surface area contributed by atoms with Crippen LogP contribution in [0.1, 0.15) is 29.6 Å². The van der Waals surface area contributed by atoms with E-state index in [0.717, 1.165) is 12.2 Å². The fourth-order valence-corrected chi connectivity index (χ4v) is 2.57. The Bertz CT molecular complexity index is 683. The molecular formula is C17H20N2O4. The summed E-state index contributed by atoms with van der Waals surface area (Å²) < 4.78 is 16.6. The van der Waals surface area contributed by atoms with Crippen LogP contribution >= 0.6 is 0 Å². The van der Waals surface area contributed by atoms with Crippen LogP contribution < -0.4 is 9.47 Å². The molecule has 2 aromatic rings. The summed E-state index contributed by atoms with van der Waals surface area (Å²) in [4.78, 5) is 14.3. The van der Waals surface area contributed by atoms with Gasteiger partial charge in [-0.1, -0.05) is 24.2 Å². The first kappa shape index (κ1) is 15.4.